The lowest BCUT2D eigenvalue weighted by Gasteiger charge is -2.39. The quantitative estimate of drug-likeness (QED) is 0.856. The number of carbonyl (C=O) groups is 2. The number of amides is 1. The minimum Gasteiger partial charge on any atom is -0.465 e. The van der Waals surface area contributed by atoms with Crippen LogP contribution < -0.4 is 5.32 Å². The van der Waals surface area contributed by atoms with Gasteiger partial charge in [0.25, 0.3) is 5.91 Å². The Hall–Kier alpha value is -1.92. The Kier molecular flexibility index (Phi) is 4.93. The number of hydrogen-bond donors (Lipinski definition) is 1. The van der Waals surface area contributed by atoms with Gasteiger partial charge in [-0.25, -0.2) is 4.79 Å². The molecular weight excluding hydrogens is 298 g/mol. The van der Waals surface area contributed by atoms with Gasteiger partial charge in [-0.2, -0.15) is 0 Å². The van der Waals surface area contributed by atoms with Gasteiger partial charge in [0.05, 0.1) is 38.1 Å². The zero-order valence-electron chi connectivity index (χ0n) is 13.1. The van der Waals surface area contributed by atoms with E-state index in [9.17, 15) is 9.59 Å². The Morgan fingerprint density at radius 3 is 2.39 bits per heavy atom. The first-order valence-electron chi connectivity index (χ1n) is 7.90. The van der Waals surface area contributed by atoms with Crippen LogP contribution in [0.25, 0.3) is 0 Å². The van der Waals surface area contributed by atoms with E-state index in [1.54, 1.807) is 24.3 Å². The minimum atomic E-state index is -0.412. The van der Waals surface area contributed by atoms with Crippen molar-refractivity contribution in [3.63, 3.8) is 0 Å². The maximum absolute atomic E-state index is 12.3. The van der Waals surface area contributed by atoms with Gasteiger partial charge in [0.1, 0.15) is 0 Å². The summed E-state index contributed by atoms with van der Waals surface area (Å²) in [7, 11) is 1.33. The van der Waals surface area contributed by atoms with Crippen LogP contribution in [-0.4, -0.2) is 50.4 Å². The van der Waals surface area contributed by atoms with Crippen LogP contribution in [0.1, 0.15) is 40.0 Å². The smallest absolute Gasteiger partial charge is 0.337 e. The predicted molar refractivity (Wildman–Crippen MR) is 82.4 cm³/mol. The summed E-state index contributed by atoms with van der Waals surface area (Å²) in [5.41, 5.74) is 0.956. The number of hydrogen-bond acceptors (Lipinski definition) is 5. The fourth-order valence-electron chi connectivity index (χ4n) is 3.14. The van der Waals surface area contributed by atoms with Crippen molar-refractivity contribution in [2.75, 3.05) is 20.3 Å². The van der Waals surface area contributed by atoms with Gasteiger partial charge < -0.3 is 19.5 Å². The fourth-order valence-corrected chi connectivity index (χ4v) is 3.14. The number of carbonyl (C=O) groups excluding carboxylic acids is 2. The van der Waals surface area contributed by atoms with Gasteiger partial charge in [-0.05, 0) is 43.5 Å². The maximum atomic E-state index is 12.3. The highest BCUT2D eigenvalue weighted by Gasteiger charge is 2.34. The number of rotatable bonds is 3. The van der Waals surface area contributed by atoms with Crippen LogP contribution in [0, 0.1) is 0 Å². The van der Waals surface area contributed by atoms with Crippen molar-refractivity contribution in [1.82, 2.24) is 5.32 Å². The van der Waals surface area contributed by atoms with Crippen molar-refractivity contribution >= 4 is 11.9 Å². The summed E-state index contributed by atoms with van der Waals surface area (Å²) in [6, 6.07) is 6.54. The lowest BCUT2D eigenvalue weighted by molar-refractivity contribution is -0.157. The number of methoxy groups -OCH3 is 1. The maximum Gasteiger partial charge on any atom is 0.337 e. The number of ether oxygens (including phenoxy) is 3. The first kappa shape index (κ1) is 16.0. The summed E-state index contributed by atoms with van der Waals surface area (Å²) in [6.45, 7) is 1.28. The second-order valence-corrected chi connectivity index (χ2v) is 5.87. The molecule has 1 saturated carbocycles. The summed E-state index contributed by atoms with van der Waals surface area (Å²) < 4.78 is 16.1. The summed E-state index contributed by atoms with van der Waals surface area (Å²) in [4.78, 5) is 23.7. The highest BCUT2D eigenvalue weighted by atomic mass is 16.6. The van der Waals surface area contributed by atoms with Crippen molar-refractivity contribution in [3.8, 4) is 0 Å². The molecule has 2 aliphatic rings. The van der Waals surface area contributed by atoms with E-state index < -0.39 is 5.97 Å². The van der Waals surface area contributed by atoms with Crippen LogP contribution in [0.5, 0.6) is 0 Å². The molecule has 3 unspecified atom stereocenters. The highest BCUT2D eigenvalue weighted by Crippen LogP contribution is 2.27. The van der Waals surface area contributed by atoms with E-state index in [1.807, 2.05) is 0 Å². The van der Waals surface area contributed by atoms with Gasteiger partial charge in [-0.15, -0.1) is 0 Å². The molecule has 3 atom stereocenters. The van der Waals surface area contributed by atoms with E-state index in [0.717, 1.165) is 19.3 Å². The molecule has 2 fully saturated rings. The lowest BCUT2D eigenvalue weighted by Crippen LogP contribution is -2.49. The number of benzene rings is 1. The van der Waals surface area contributed by atoms with Crippen LogP contribution in [0.15, 0.2) is 24.3 Å². The van der Waals surface area contributed by atoms with Crippen LogP contribution in [0.2, 0.25) is 0 Å². The third-order valence-electron chi connectivity index (χ3n) is 4.38. The molecule has 1 aliphatic heterocycles. The third-order valence-corrected chi connectivity index (χ3v) is 4.38. The SMILES string of the molecule is COC(=O)c1ccc(C(=O)NC2CCC3OCCOC3C2)cc1. The lowest BCUT2D eigenvalue weighted by atomic mass is 9.89. The van der Waals surface area contributed by atoms with Crippen LogP contribution >= 0.6 is 0 Å². The molecule has 124 valence electrons. The van der Waals surface area contributed by atoms with Gasteiger partial charge in [-0.3, -0.25) is 4.79 Å². The number of nitrogens with one attached hydrogen (secondary N) is 1. The monoisotopic (exact) mass is 319 g/mol. The Morgan fingerprint density at radius 2 is 1.70 bits per heavy atom. The molecule has 1 aliphatic carbocycles. The van der Waals surface area contributed by atoms with Crippen molar-refractivity contribution in [3.05, 3.63) is 35.4 Å². The molecule has 1 N–H and O–H groups in total. The molecule has 0 bridgehead atoms. The molecular formula is C17H21NO5. The third kappa shape index (κ3) is 3.71. The fraction of sp³-hybridized carbons (Fsp3) is 0.529. The summed E-state index contributed by atoms with van der Waals surface area (Å²) in [5.74, 6) is -0.550. The molecule has 1 aromatic rings. The van der Waals surface area contributed by atoms with Crippen molar-refractivity contribution in [2.24, 2.45) is 0 Å². The molecule has 3 rings (SSSR count). The van der Waals surface area contributed by atoms with Crippen LogP contribution in [0.3, 0.4) is 0 Å². The largest absolute Gasteiger partial charge is 0.465 e. The first-order valence-corrected chi connectivity index (χ1v) is 7.90. The first-order chi connectivity index (χ1) is 11.2. The summed E-state index contributed by atoms with van der Waals surface area (Å²) in [5, 5.41) is 3.04. The molecule has 1 aromatic carbocycles. The average molecular weight is 319 g/mol. The van der Waals surface area contributed by atoms with Gasteiger partial charge >= 0.3 is 5.97 Å². The molecule has 1 saturated heterocycles. The predicted octanol–water partition coefficient (Wildman–Crippen LogP) is 1.54. The van der Waals surface area contributed by atoms with Gasteiger partial charge in [0.15, 0.2) is 0 Å². The number of fused-ring (bicyclic) bond motifs is 1. The van der Waals surface area contributed by atoms with Crippen LogP contribution in [0.4, 0.5) is 0 Å². The van der Waals surface area contributed by atoms with E-state index in [1.165, 1.54) is 7.11 Å². The normalized spacial score (nSPS) is 26.9. The number of esters is 1. The molecule has 23 heavy (non-hydrogen) atoms. The van der Waals surface area contributed by atoms with E-state index in [4.69, 9.17) is 9.47 Å². The van der Waals surface area contributed by atoms with Crippen LogP contribution in [-0.2, 0) is 14.2 Å². The summed E-state index contributed by atoms with van der Waals surface area (Å²) in [6.07, 6.45) is 2.80. The zero-order chi connectivity index (χ0) is 16.2. The second-order valence-electron chi connectivity index (χ2n) is 5.87. The Bertz CT molecular complexity index is 571. The van der Waals surface area contributed by atoms with Crippen molar-refractivity contribution < 1.29 is 23.8 Å². The Balaban J connectivity index is 1.57. The molecule has 0 aromatic heterocycles. The van der Waals surface area contributed by atoms with Crippen molar-refractivity contribution in [1.29, 1.82) is 0 Å². The molecule has 1 amide bonds. The minimum absolute atomic E-state index is 0.0736. The Morgan fingerprint density at radius 1 is 1.04 bits per heavy atom. The average Bonchev–Trinajstić information content (AvgIpc) is 2.61. The second kappa shape index (κ2) is 7.10. The molecule has 6 heteroatoms. The van der Waals surface area contributed by atoms with E-state index in [2.05, 4.69) is 10.1 Å². The zero-order valence-corrected chi connectivity index (χ0v) is 13.1. The molecule has 0 radical (unpaired) electrons. The van der Waals surface area contributed by atoms with E-state index in [-0.39, 0.29) is 24.2 Å². The topological polar surface area (TPSA) is 73.9 Å². The molecule has 0 spiro atoms. The van der Waals surface area contributed by atoms with E-state index in [0.29, 0.717) is 24.3 Å². The van der Waals surface area contributed by atoms with E-state index >= 15 is 0 Å². The molecule has 6 nitrogen and oxygen atoms in total. The van der Waals surface area contributed by atoms with Gasteiger partial charge in [-0.1, -0.05) is 0 Å². The van der Waals surface area contributed by atoms with Crippen molar-refractivity contribution in [2.45, 2.75) is 37.5 Å². The van der Waals surface area contributed by atoms with Gasteiger partial charge in [0.2, 0.25) is 0 Å². The molecule has 1 heterocycles. The van der Waals surface area contributed by atoms with Gasteiger partial charge in [0, 0.05) is 11.6 Å². The standard InChI is InChI=1S/C17H21NO5/c1-21-17(20)12-4-2-11(3-5-12)16(19)18-13-6-7-14-15(10-13)23-9-8-22-14/h2-5,13-15H,6-10H2,1H3,(H,18,19). The highest BCUT2D eigenvalue weighted by molar-refractivity contribution is 5.96. The Labute approximate surface area is 135 Å². The summed E-state index contributed by atoms with van der Waals surface area (Å²) >= 11 is 0.